The third-order valence-electron chi connectivity index (χ3n) is 2.20. The quantitative estimate of drug-likeness (QED) is 0.668. The summed E-state index contributed by atoms with van der Waals surface area (Å²) in [4.78, 5) is 0. The molecule has 0 bridgehead atoms. The van der Waals surface area contributed by atoms with Gasteiger partial charge in [-0.1, -0.05) is 36.4 Å². The molecule has 3 aromatic rings. The normalized spacial score (nSPS) is 9.89. The predicted molar refractivity (Wildman–Crippen MR) is 75.6 cm³/mol. The molecule has 0 radical (unpaired) electrons. The lowest BCUT2D eigenvalue weighted by molar-refractivity contribution is 1.09. The number of aromatic amines is 1. The van der Waals surface area contributed by atoms with Gasteiger partial charge in [-0.2, -0.15) is 15.3 Å². The number of hydrogen-bond donors (Lipinski definition) is 1. The molecule has 2 aromatic carbocycles. The van der Waals surface area contributed by atoms with Crippen LogP contribution >= 0.6 is 0 Å². The van der Waals surface area contributed by atoms with Crippen molar-refractivity contribution in [2.75, 3.05) is 0 Å². The molecule has 94 valence electrons. The Morgan fingerprint density at radius 1 is 0.684 bits per heavy atom. The van der Waals surface area contributed by atoms with Crippen LogP contribution in [0, 0.1) is 0 Å². The van der Waals surface area contributed by atoms with E-state index in [2.05, 4.69) is 20.4 Å². The van der Waals surface area contributed by atoms with Gasteiger partial charge in [0.25, 0.3) is 0 Å². The van der Waals surface area contributed by atoms with E-state index in [9.17, 15) is 0 Å². The lowest BCUT2D eigenvalue weighted by Crippen LogP contribution is -1.62. The van der Waals surface area contributed by atoms with Crippen LogP contribution in [0.1, 0.15) is 0 Å². The summed E-state index contributed by atoms with van der Waals surface area (Å²) in [6, 6.07) is 21.2. The molecule has 0 unspecified atom stereocenters. The van der Waals surface area contributed by atoms with Crippen molar-refractivity contribution in [1.29, 1.82) is 0 Å². The SMILES string of the molecule is c1ccc(N=Nc2ccccc2)cc1.c1cn[nH]c1. The van der Waals surface area contributed by atoms with Crippen molar-refractivity contribution in [3.63, 3.8) is 0 Å². The molecule has 0 saturated heterocycles. The van der Waals surface area contributed by atoms with Crippen LogP contribution in [-0.4, -0.2) is 10.2 Å². The lowest BCUT2D eigenvalue weighted by atomic mass is 10.3. The van der Waals surface area contributed by atoms with Gasteiger partial charge in [-0.15, -0.1) is 0 Å². The van der Waals surface area contributed by atoms with Gasteiger partial charge in [0.15, 0.2) is 0 Å². The summed E-state index contributed by atoms with van der Waals surface area (Å²) in [6.07, 6.45) is 3.46. The fourth-order valence-electron chi connectivity index (χ4n) is 1.32. The minimum atomic E-state index is 0.872. The van der Waals surface area contributed by atoms with Crippen molar-refractivity contribution in [2.45, 2.75) is 0 Å². The Morgan fingerprint density at radius 2 is 1.21 bits per heavy atom. The van der Waals surface area contributed by atoms with Gasteiger partial charge >= 0.3 is 0 Å². The summed E-state index contributed by atoms with van der Waals surface area (Å²) in [7, 11) is 0. The number of hydrogen-bond acceptors (Lipinski definition) is 3. The second-order valence-corrected chi connectivity index (χ2v) is 3.64. The zero-order valence-corrected chi connectivity index (χ0v) is 10.3. The molecule has 4 heteroatoms. The minimum absolute atomic E-state index is 0.872. The van der Waals surface area contributed by atoms with Crippen molar-refractivity contribution in [3.8, 4) is 0 Å². The molecule has 0 aliphatic heterocycles. The second-order valence-electron chi connectivity index (χ2n) is 3.64. The molecule has 0 atom stereocenters. The standard InChI is InChI=1S/C12H10N2.C3H4N2/c1-3-7-11(8-4-1)13-14-12-9-5-2-6-10-12;1-2-4-5-3-1/h1-10H;1-3H,(H,4,5). The number of nitrogens with zero attached hydrogens (tertiary/aromatic N) is 3. The van der Waals surface area contributed by atoms with Crippen molar-refractivity contribution in [3.05, 3.63) is 79.1 Å². The Morgan fingerprint density at radius 3 is 1.53 bits per heavy atom. The molecular weight excluding hydrogens is 236 g/mol. The Bertz CT molecular complexity index is 515. The second kappa shape index (κ2) is 7.55. The van der Waals surface area contributed by atoms with Gasteiger partial charge < -0.3 is 0 Å². The number of aromatic nitrogens is 2. The van der Waals surface area contributed by atoms with Crippen molar-refractivity contribution in [2.24, 2.45) is 10.2 Å². The zero-order chi connectivity index (χ0) is 13.2. The Balaban J connectivity index is 0.000000224. The van der Waals surface area contributed by atoms with E-state index in [1.54, 1.807) is 12.4 Å². The molecule has 0 aliphatic carbocycles. The number of rotatable bonds is 2. The third kappa shape index (κ3) is 4.95. The monoisotopic (exact) mass is 250 g/mol. The Labute approximate surface area is 111 Å². The van der Waals surface area contributed by atoms with Crippen LogP contribution in [0.25, 0.3) is 0 Å². The average molecular weight is 250 g/mol. The number of H-pyrrole nitrogens is 1. The maximum atomic E-state index is 4.10. The van der Waals surface area contributed by atoms with Gasteiger partial charge in [-0.05, 0) is 30.3 Å². The highest BCUT2D eigenvalue weighted by Crippen LogP contribution is 2.16. The maximum Gasteiger partial charge on any atom is 0.0857 e. The van der Waals surface area contributed by atoms with Gasteiger partial charge in [0.2, 0.25) is 0 Å². The highest BCUT2D eigenvalue weighted by Gasteiger charge is 1.86. The molecule has 3 rings (SSSR count). The van der Waals surface area contributed by atoms with E-state index in [-0.39, 0.29) is 0 Å². The van der Waals surface area contributed by atoms with E-state index in [1.807, 2.05) is 66.7 Å². The van der Waals surface area contributed by atoms with Gasteiger partial charge in [0, 0.05) is 12.4 Å². The minimum Gasteiger partial charge on any atom is -0.286 e. The number of nitrogens with one attached hydrogen (secondary N) is 1. The molecular formula is C15H14N4. The van der Waals surface area contributed by atoms with E-state index in [4.69, 9.17) is 0 Å². The summed E-state index contributed by atoms with van der Waals surface area (Å²) in [5.41, 5.74) is 1.74. The van der Waals surface area contributed by atoms with Crippen LogP contribution in [0.15, 0.2) is 89.4 Å². The van der Waals surface area contributed by atoms with E-state index in [1.165, 1.54) is 0 Å². The predicted octanol–water partition coefficient (Wildman–Crippen LogP) is 4.51. The van der Waals surface area contributed by atoms with Crippen molar-refractivity contribution in [1.82, 2.24) is 10.2 Å². The van der Waals surface area contributed by atoms with E-state index >= 15 is 0 Å². The largest absolute Gasteiger partial charge is 0.286 e. The first-order valence-corrected chi connectivity index (χ1v) is 5.91. The molecule has 1 heterocycles. The van der Waals surface area contributed by atoms with Crippen molar-refractivity contribution >= 4 is 11.4 Å². The van der Waals surface area contributed by atoms with E-state index < -0.39 is 0 Å². The molecule has 1 aromatic heterocycles. The van der Waals surface area contributed by atoms with Gasteiger partial charge in [0.05, 0.1) is 11.4 Å². The average Bonchev–Trinajstić information content (AvgIpc) is 3.07. The molecule has 0 saturated carbocycles. The van der Waals surface area contributed by atoms with Crippen molar-refractivity contribution < 1.29 is 0 Å². The first-order chi connectivity index (χ1) is 9.45. The summed E-state index contributed by atoms with van der Waals surface area (Å²) in [6.45, 7) is 0. The van der Waals surface area contributed by atoms with E-state index in [0.717, 1.165) is 11.4 Å². The zero-order valence-electron chi connectivity index (χ0n) is 10.3. The van der Waals surface area contributed by atoms with Crippen LogP contribution in [-0.2, 0) is 0 Å². The Hall–Kier alpha value is -2.75. The summed E-state index contributed by atoms with van der Waals surface area (Å²) < 4.78 is 0. The van der Waals surface area contributed by atoms with Crippen LogP contribution in [0.2, 0.25) is 0 Å². The smallest absolute Gasteiger partial charge is 0.0857 e. The fourth-order valence-corrected chi connectivity index (χ4v) is 1.32. The third-order valence-corrected chi connectivity index (χ3v) is 2.20. The van der Waals surface area contributed by atoms with Crippen LogP contribution in [0.5, 0.6) is 0 Å². The highest BCUT2D eigenvalue weighted by molar-refractivity contribution is 5.39. The molecule has 0 aliphatic rings. The fraction of sp³-hybridized carbons (Fsp3) is 0. The lowest BCUT2D eigenvalue weighted by Gasteiger charge is -1.91. The number of azo groups is 1. The molecule has 0 amide bonds. The number of benzene rings is 2. The topological polar surface area (TPSA) is 53.4 Å². The summed E-state index contributed by atoms with van der Waals surface area (Å²) in [5, 5.41) is 14.4. The maximum absolute atomic E-state index is 4.10. The van der Waals surface area contributed by atoms with Crippen LogP contribution in [0.3, 0.4) is 0 Å². The van der Waals surface area contributed by atoms with Crippen LogP contribution in [0.4, 0.5) is 11.4 Å². The molecule has 4 nitrogen and oxygen atoms in total. The van der Waals surface area contributed by atoms with E-state index in [0.29, 0.717) is 0 Å². The first-order valence-electron chi connectivity index (χ1n) is 5.91. The Kier molecular flexibility index (Phi) is 5.05. The molecule has 19 heavy (non-hydrogen) atoms. The summed E-state index contributed by atoms with van der Waals surface area (Å²) in [5.74, 6) is 0. The van der Waals surface area contributed by atoms with Gasteiger partial charge in [-0.25, -0.2) is 0 Å². The molecule has 1 N–H and O–H groups in total. The van der Waals surface area contributed by atoms with Gasteiger partial charge in [-0.3, -0.25) is 5.10 Å². The van der Waals surface area contributed by atoms with Crippen LogP contribution < -0.4 is 0 Å². The first kappa shape index (κ1) is 12.7. The highest BCUT2D eigenvalue weighted by atomic mass is 15.1. The molecule has 0 spiro atoms. The molecule has 0 fully saturated rings. The van der Waals surface area contributed by atoms with Gasteiger partial charge in [0.1, 0.15) is 0 Å². The summed E-state index contributed by atoms with van der Waals surface area (Å²) >= 11 is 0.